The van der Waals surface area contributed by atoms with E-state index in [0.29, 0.717) is 5.75 Å². The minimum atomic E-state index is 0.356. The Morgan fingerprint density at radius 1 is 1.50 bits per heavy atom. The monoisotopic (exact) mass is 283 g/mol. The second-order valence-electron chi connectivity index (χ2n) is 4.69. The van der Waals surface area contributed by atoms with Gasteiger partial charge in [-0.1, -0.05) is 19.1 Å². The summed E-state index contributed by atoms with van der Waals surface area (Å²) < 4.78 is 0.766. The molecule has 0 amide bonds. The Labute approximate surface area is 105 Å². The van der Waals surface area contributed by atoms with Crippen molar-refractivity contribution < 1.29 is 5.11 Å². The molecule has 1 fully saturated rings. The molecule has 2 N–H and O–H groups in total. The van der Waals surface area contributed by atoms with Crippen molar-refractivity contribution in [3.05, 3.63) is 28.2 Å². The van der Waals surface area contributed by atoms with Crippen molar-refractivity contribution in [3.8, 4) is 5.75 Å². The van der Waals surface area contributed by atoms with Gasteiger partial charge in [0.2, 0.25) is 0 Å². The number of rotatable bonds is 5. The lowest BCUT2D eigenvalue weighted by molar-refractivity contribution is 0.442. The number of hydrogen-bond donors (Lipinski definition) is 2. The molecule has 1 aliphatic carbocycles. The Kier molecular flexibility index (Phi) is 3.87. The number of aromatic hydroxyl groups is 1. The maximum atomic E-state index is 9.80. The summed E-state index contributed by atoms with van der Waals surface area (Å²) in [6, 6.07) is 5.76. The number of benzene rings is 1. The summed E-state index contributed by atoms with van der Waals surface area (Å²) in [7, 11) is 0. The molecule has 88 valence electrons. The quantitative estimate of drug-likeness (QED) is 0.869. The topological polar surface area (TPSA) is 32.3 Å². The van der Waals surface area contributed by atoms with Crippen LogP contribution >= 0.6 is 15.9 Å². The van der Waals surface area contributed by atoms with Crippen LogP contribution in [0.3, 0.4) is 0 Å². The third kappa shape index (κ3) is 2.98. The predicted octanol–water partition coefficient (Wildman–Crippen LogP) is 3.29. The summed E-state index contributed by atoms with van der Waals surface area (Å²) >= 11 is 3.32. The molecule has 1 aliphatic rings. The van der Waals surface area contributed by atoms with Crippen LogP contribution in [0.15, 0.2) is 22.7 Å². The Morgan fingerprint density at radius 2 is 2.25 bits per heavy atom. The molecule has 16 heavy (non-hydrogen) atoms. The van der Waals surface area contributed by atoms with E-state index in [4.69, 9.17) is 0 Å². The summed E-state index contributed by atoms with van der Waals surface area (Å²) in [6.07, 6.45) is 2.79. The van der Waals surface area contributed by atoms with Crippen molar-refractivity contribution in [1.29, 1.82) is 0 Å². The summed E-state index contributed by atoms with van der Waals surface area (Å²) in [5.74, 6) is 2.05. The zero-order valence-electron chi connectivity index (χ0n) is 9.54. The van der Waals surface area contributed by atoms with Gasteiger partial charge < -0.3 is 10.4 Å². The van der Waals surface area contributed by atoms with Gasteiger partial charge in [0.05, 0.1) is 4.47 Å². The Morgan fingerprint density at radius 3 is 2.94 bits per heavy atom. The van der Waals surface area contributed by atoms with Gasteiger partial charge >= 0.3 is 0 Å². The van der Waals surface area contributed by atoms with Gasteiger partial charge in [0.15, 0.2) is 0 Å². The van der Waals surface area contributed by atoms with Crippen molar-refractivity contribution in [2.75, 3.05) is 6.54 Å². The lowest BCUT2D eigenvalue weighted by atomic mass is 10.1. The standard InChI is InChI=1S/C13H18BrNO/c1-9(10-5-6-10)7-15-8-11-3-2-4-12(14)13(11)16/h2-4,9-10,15-16H,5-8H2,1H3. The van der Waals surface area contributed by atoms with Gasteiger partial charge in [-0.3, -0.25) is 0 Å². The summed E-state index contributed by atoms with van der Waals surface area (Å²) in [5, 5.41) is 13.2. The SMILES string of the molecule is CC(CNCc1cccc(Br)c1O)C1CC1. The molecule has 2 rings (SSSR count). The molecule has 1 unspecified atom stereocenters. The molecule has 0 spiro atoms. The third-order valence-corrected chi connectivity index (χ3v) is 3.92. The van der Waals surface area contributed by atoms with Gasteiger partial charge in [-0.05, 0) is 53.2 Å². The average Bonchev–Trinajstić information content (AvgIpc) is 3.07. The number of hydrogen-bond acceptors (Lipinski definition) is 2. The lowest BCUT2D eigenvalue weighted by Crippen LogP contribution is -2.21. The fraction of sp³-hybridized carbons (Fsp3) is 0.538. The minimum Gasteiger partial charge on any atom is -0.506 e. The number of nitrogens with one attached hydrogen (secondary N) is 1. The highest BCUT2D eigenvalue weighted by Gasteiger charge is 2.27. The van der Waals surface area contributed by atoms with Gasteiger partial charge in [-0.15, -0.1) is 0 Å². The largest absolute Gasteiger partial charge is 0.506 e. The zero-order valence-corrected chi connectivity index (χ0v) is 11.1. The molecular formula is C13H18BrNO. The molecule has 0 radical (unpaired) electrons. The van der Waals surface area contributed by atoms with Crippen LogP contribution in [0.1, 0.15) is 25.3 Å². The van der Waals surface area contributed by atoms with Crippen LogP contribution in [0.4, 0.5) is 0 Å². The Hall–Kier alpha value is -0.540. The van der Waals surface area contributed by atoms with Gasteiger partial charge in [0, 0.05) is 12.1 Å². The van der Waals surface area contributed by atoms with Crippen LogP contribution in [0.2, 0.25) is 0 Å². The molecular weight excluding hydrogens is 266 g/mol. The van der Waals surface area contributed by atoms with E-state index in [0.717, 1.165) is 35.0 Å². The van der Waals surface area contributed by atoms with Crippen LogP contribution in [0, 0.1) is 11.8 Å². The molecule has 0 aromatic heterocycles. The first-order valence-corrected chi connectivity index (χ1v) is 6.65. The first-order chi connectivity index (χ1) is 7.68. The van der Waals surface area contributed by atoms with Crippen LogP contribution in [-0.4, -0.2) is 11.7 Å². The van der Waals surface area contributed by atoms with Gasteiger partial charge in [0.25, 0.3) is 0 Å². The van der Waals surface area contributed by atoms with E-state index in [-0.39, 0.29) is 0 Å². The molecule has 1 saturated carbocycles. The smallest absolute Gasteiger partial charge is 0.134 e. The van der Waals surface area contributed by atoms with Gasteiger partial charge in [-0.25, -0.2) is 0 Å². The summed E-state index contributed by atoms with van der Waals surface area (Å²) in [5.41, 5.74) is 0.956. The second-order valence-corrected chi connectivity index (χ2v) is 5.55. The third-order valence-electron chi connectivity index (χ3n) is 3.28. The normalized spacial score (nSPS) is 17.4. The molecule has 3 heteroatoms. The highest BCUT2D eigenvalue weighted by atomic mass is 79.9. The first kappa shape index (κ1) is 11.9. The zero-order chi connectivity index (χ0) is 11.5. The van der Waals surface area contributed by atoms with Crippen molar-refractivity contribution in [1.82, 2.24) is 5.32 Å². The first-order valence-electron chi connectivity index (χ1n) is 5.85. The van der Waals surface area contributed by atoms with E-state index in [1.54, 1.807) is 0 Å². The molecule has 0 saturated heterocycles. The van der Waals surface area contributed by atoms with Crippen LogP contribution in [0.25, 0.3) is 0 Å². The van der Waals surface area contributed by atoms with Gasteiger partial charge in [0.1, 0.15) is 5.75 Å². The van der Waals surface area contributed by atoms with E-state index in [1.165, 1.54) is 12.8 Å². The van der Waals surface area contributed by atoms with Crippen LogP contribution in [0.5, 0.6) is 5.75 Å². The highest BCUT2D eigenvalue weighted by Crippen LogP contribution is 2.36. The fourth-order valence-electron chi connectivity index (χ4n) is 1.97. The molecule has 0 aliphatic heterocycles. The van der Waals surface area contributed by atoms with E-state index < -0.39 is 0 Å². The van der Waals surface area contributed by atoms with Crippen molar-refractivity contribution >= 4 is 15.9 Å². The maximum Gasteiger partial charge on any atom is 0.134 e. The molecule has 1 aromatic rings. The molecule has 0 heterocycles. The fourth-order valence-corrected chi connectivity index (χ4v) is 2.38. The lowest BCUT2D eigenvalue weighted by Gasteiger charge is -2.12. The minimum absolute atomic E-state index is 0.356. The maximum absolute atomic E-state index is 9.80. The number of phenols is 1. The molecule has 2 nitrogen and oxygen atoms in total. The van der Waals surface area contributed by atoms with Crippen molar-refractivity contribution in [2.45, 2.75) is 26.3 Å². The molecule has 1 atom stereocenters. The van der Waals surface area contributed by atoms with E-state index >= 15 is 0 Å². The average molecular weight is 284 g/mol. The van der Waals surface area contributed by atoms with Crippen molar-refractivity contribution in [3.63, 3.8) is 0 Å². The summed E-state index contributed by atoms with van der Waals surface area (Å²) in [4.78, 5) is 0. The molecule has 0 bridgehead atoms. The highest BCUT2D eigenvalue weighted by molar-refractivity contribution is 9.10. The van der Waals surface area contributed by atoms with E-state index in [9.17, 15) is 5.11 Å². The van der Waals surface area contributed by atoms with E-state index in [1.807, 2.05) is 18.2 Å². The second kappa shape index (κ2) is 5.19. The Bertz CT molecular complexity index is 363. The summed E-state index contributed by atoms with van der Waals surface area (Å²) in [6.45, 7) is 4.07. The van der Waals surface area contributed by atoms with E-state index in [2.05, 4.69) is 28.2 Å². The number of para-hydroxylation sites is 1. The molecule has 1 aromatic carbocycles. The Balaban J connectivity index is 1.82. The number of halogens is 1. The predicted molar refractivity (Wildman–Crippen MR) is 69.4 cm³/mol. The number of phenolic OH excluding ortho intramolecular Hbond substituents is 1. The van der Waals surface area contributed by atoms with Crippen LogP contribution < -0.4 is 5.32 Å². The van der Waals surface area contributed by atoms with Crippen molar-refractivity contribution in [2.24, 2.45) is 11.8 Å². The van der Waals surface area contributed by atoms with Crippen LogP contribution in [-0.2, 0) is 6.54 Å². The van der Waals surface area contributed by atoms with Gasteiger partial charge in [-0.2, -0.15) is 0 Å².